The summed E-state index contributed by atoms with van der Waals surface area (Å²) in [4.78, 5) is 2.51. The monoisotopic (exact) mass is 341 g/mol. The molecular weight excluding hydrogens is 318 g/mol. The zero-order valence-electron chi connectivity index (χ0n) is 14.9. The Kier molecular flexibility index (Phi) is 3.89. The molecule has 2 heteroatoms. The average Bonchev–Trinajstić information content (AvgIpc) is 2.74. The van der Waals surface area contributed by atoms with Crippen molar-refractivity contribution in [2.45, 2.75) is 25.4 Å². The number of rotatable bonds is 2. The Labute approximate surface area is 154 Å². The molecule has 0 N–H and O–H groups in total. The second-order valence-electron chi connectivity index (χ2n) is 7.24. The van der Waals surface area contributed by atoms with E-state index < -0.39 is 0 Å². The van der Waals surface area contributed by atoms with Gasteiger partial charge in [-0.2, -0.15) is 0 Å². The van der Waals surface area contributed by atoms with Crippen molar-refractivity contribution in [3.05, 3.63) is 77.9 Å². The van der Waals surface area contributed by atoms with Crippen molar-refractivity contribution in [1.82, 2.24) is 0 Å². The second kappa shape index (κ2) is 6.53. The lowest BCUT2D eigenvalue weighted by atomic mass is 9.98. The van der Waals surface area contributed by atoms with Crippen LogP contribution in [0, 0.1) is 0 Å². The summed E-state index contributed by atoms with van der Waals surface area (Å²) in [6.07, 6.45) is 8.35. The first-order valence-electron chi connectivity index (χ1n) is 9.60. The van der Waals surface area contributed by atoms with Crippen LogP contribution < -0.4 is 9.64 Å². The summed E-state index contributed by atoms with van der Waals surface area (Å²) >= 11 is 0. The van der Waals surface area contributed by atoms with Gasteiger partial charge in [0.05, 0.1) is 0 Å². The second-order valence-corrected chi connectivity index (χ2v) is 7.24. The summed E-state index contributed by atoms with van der Waals surface area (Å²) in [6, 6.07) is 21.6. The van der Waals surface area contributed by atoms with E-state index in [1.54, 1.807) is 0 Å². The van der Waals surface area contributed by atoms with Crippen LogP contribution in [0.15, 0.2) is 66.7 Å². The first-order valence-corrected chi connectivity index (χ1v) is 9.60. The Morgan fingerprint density at radius 2 is 1.69 bits per heavy atom. The van der Waals surface area contributed by atoms with Crippen LogP contribution >= 0.6 is 0 Å². The fraction of sp³-hybridized carbons (Fsp3) is 0.250. The van der Waals surface area contributed by atoms with E-state index in [-0.39, 0.29) is 6.10 Å². The van der Waals surface area contributed by atoms with Crippen molar-refractivity contribution in [2.75, 3.05) is 18.0 Å². The van der Waals surface area contributed by atoms with Gasteiger partial charge in [0.15, 0.2) is 0 Å². The molecule has 2 aliphatic heterocycles. The lowest BCUT2D eigenvalue weighted by molar-refractivity contribution is 0.252. The molecule has 0 radical (unpaired) electrons. The van der Waals surface area contributed by atoms with Gasteiger partial charge < -0.3 is 9.64 Å². The van der Waals surface area contributed by atoms with Gasteiger partial charge in [0.25, 0.3) is 0 Å². The van der Waals surface area contributed by atoms with Crippen molar-refractivity contribution in [3.8, 4) is 5.75 Å². The van der Waals surface area contributed by atoms with Crippen molar-refractivity contribution < 1.29 is 4.74 Å². The van der Waals surface area contributed by atoms with Gasteiger partial charge in [0.2, 0.25) is 0 Å². The molecule has 2 heterocycles. The smallest absolute Gasteiger partial charge is 0.142 e. The fourth-order valence-electron chi connectivity index (χ4n) is 4.13. The maximum atomic E-state index is 6.28. The number of nitrogens with zero attached hydrogens (tertiary/aromatic N) is 1. The molecule has 3 aromatic carbocycles. The average molecular weight is 341 g/mol. The Hall–Kier alpha value is -2.74. The SMILES string of the molecule is C1=CC(c2ccccc2)Oc2ccc3cc(N4CCCCC4)ccc3c21. The maximum Gasteiger partial charge on any atom is 0.142 e. The van der Waals surface area contributed by atoms with Crippen LogP contribution in [0.5, 0.6) is 5.75 Å². The molecule has 1 atom stereocenters. The topological polar surface area (TPSA) is 12.5 Å². The molecule has 1 unspecified atom stereocenters. The van der Waals surface area contributed by atoms with Crippen molar-refractivity contribution in [2.24, 2.45) is 0 Å². The molecule has 2 nitrogen and oxygen atoms in total. The molecule has 0 bridgehead atoms. The van der Waals surface area contributed by atoms with Gasteiger partial charge in [-0.3, -0.25) is 0 Å². The minimum atomic E-state index is -0.00577. The van der Waals surface area contributed by atoms with Crippen LogP contribution in [0.4, 0.5) is 5.69 Å². The number of piperidine rings is 1. The Balaban J connectivity index is 1.49. The molecule has 0 aliphatic carbocycles. The van der Waals surface area contributed by atoms with Crippen LogP contribution in [-0.4, -0.2) is 13.1 Å². The van der Waals surface area contributed by atoms with E-state index >= 15 is 0 Å². The molecule has 1 saturated heterocycles. The highest BCUT2D eigenvalue weighted by Gasteiger charge is 2.19. The summed E-state index contributed by atoms with van der Waals surface area (Å²) in [6.45, 7) is 2.36. The normalized spacial score (nSPS) is 19.2. The van der Waals surface area contributed by atoms with Crippen LogP contribution in [0.2, 0.25) is 0 Å². The number of benzene rings is 3. The highest BCUT2D eigenvalue weighted by atomic mass is 16.5. The zero-order chi connectivity index (χ0) is 17.3. The standard InChI is InChI=1S/C24H23NO/c1-3-7-18(8-4-1)23-14-12-22-21-11-10-20(25-15-5-2-6-16-25)17-19(21)9-13-24(22)26-23/h1,3-4,7-14,17,23H,2,5-6,15-16H2. The number of anilines is 1. The summed E-state index contributed by atoms with van der Waals surface area (Å²) in [7, 11) is 0. The summed E-state index contributed by atoms with van der Waals surface area (Å²) in [5.41, 5.74) is 3.73. The summed E-state index contributed by atoms with van der Waals surface area (Å²) in [5.74, 6) is 0.972. The molecule has 3 aromatic rings. The van der Waals surface area contributed by atoms with E-state index in [1.165, 1.54) is 59.9 Å². The third kappa shape index (κ3) is 2.76. The van der Waals surface area contributed by atoms with E-state index in [4.69, 9.17) is 4.74 Å². The van der Waals surface area contributed by atoms with Crippen LogP contribution in [0.3, 0.4) is 0 Å². The summed E-state index contributed by atoms with van der Waals surface area (Å²) in [5, 5.41) is 2.56. The van der Waals surface area contributed by atoms with E-state index in [0.29, 0.717) is 0 Å². The molecule has 26 heavy (non-hydrogen) atoms. The quantitative estimate of drug-likeness (QED) is 0.569. The van der Waals surface area contributed by atoms with Gasteiger partial charge >= 0.3 is 0 Å². The largest absolute Gasteiger partial charge is 0.481 e. The van der Waals surface area contributed by atoms with E-state index in [2.05, 4.69) is 71.6 Å². The Morgan fingerprint density at radius 3 is 2.54 bits per heavy atom. The number of fused-ring (bicyclic) bond motifs is 3. The third-order valence-corrected chi connectivity index (χ3v) is 5.55. The Morgan fingerprint density at radius 1 is 0.846 bits per heavy atom. The third-order valence-electron chi connectivity index (χ3n) is 5.55. The van der Waals surface area contributed by atoms with E-state index in [9.17, 15) is 0 Å². The minimum absolute atomic E-state index is 0.00577. The van der Waals surface area contributed by atoms with Gasteiger partial charge in [0.1, 0.15) is 11.9 Å². The summed E-state index contributed by atoms with van der Waals surface area (Å²) < 4.78 is 6.28. The van der Waals surface area contributed by atoms with Crippen LogP contribution in [0.25, 0.3) is 16.8 Å². The lowest BCUT2D eigenvalue weighted by Crippen LogP contribution is -2.29. The van der Waals surface area contributed by atoms with Gasteiger partial charge in [0, 0.05) is 24.3 Å². The molecule has 0 amide bonds. The number of hydrogen-bond acceptors (Lipinski definition) is 2. The van der Waals surface area contributed by atoms with Gasteiger partial charge in [-0.15, -0.1) is 0 Å². The first-order chi connectivity index (χ1) is 12.9. The van der Waals surface area contributed by atoms with Crippen molar-refractivity contribution in [3.63, 3.8) is 0 Å². The molecule has 0 saturated carbocycles. The highest BCUT2D eigenvalue weighted by Crippen LogP contribution is 2.38. The van der Waals surface area contributed by atoms with E-state index in [0.717, 1.165) is 5.75 Å². The first kappa shape index (κ1) is 15.5. The van der Waals surface area contributed by atoms with Crippen molar-refractivity contribution >= 4 is 22.5 Å². The number of hydrogen-bond donors (Lipinski definition) is 0. The van der Waals surface area contributed by atoms with Crippen LogP contribution in [0.1, 0.15) is 36.5 Å². The van der Waals surface area contributed by atoms with Gasteiger partial charge in [-0.25, -0.2) is 0 Å². The molecule has 0 spiro atoms. The zero-order valence-corrected chi connectivity index (χ0v) is 14.9. The van der Waals surface area contributed by atoms with Gasteiger partial charge in [-0.1, -0.05) is 48.5 Å². The fourth-order valence-corrected chi connectivity index (χ4v) is 4.13. The Bertz CT molecular complexity index is 955. The minimum Gasteiger partial charge on any atom is -0.481 e. The molecule has 5 rings (SSSR count). The molecule has 2 aliphatic rings. The number of ether oxygens (including phenoxy) is 1. The highest BCUT2D eigenvalue weighted by molar-refractivity contribution is 5.95. The predicted octanol–water partition coefficient (Wildman–Crippen LogP) is 5.98. The lowest BCUT2D eigenvalue weighted by Gasteiger charge is -2.29. The van der Waals surface area contributed by atoms with Crippen LogP contribution in [-0.2, 0) is 0 Å². The predicted molar refractivity (Wildman–Crippen MR) is 109 cm³/mol. The van der Waals surface area contributed by atoms with Gasteiger partial charge in [-0.05, 0) is 59.9 Å². The molecule has 130 valence electrons. The molecule has 0 aromatic heterocycles. The van der Waals surface area contributed by atoms with Crippen molar-refractivity contribution in [1.29, 1.82) is 0 Å². The molecule has 1 fully saturated rings. The molecular formula is C24H23NO. The van der Waals surface area contributed by atoms with E-state index in [1.807, 2.05) is 6.07 Å². The maximum absolute atomic E-state index is 6.28.